The Morgan fingerprint density at radius 2 is 1.76 bits per heavy atom. The van der Waals surface area contributed by atoms with Gasteiger partial charge in [-0.25, -0.2) is 4.79 Å². The number of amides is 1. The molecule has 166 valence electrons. The van der Waals surface area contributed by atoms with Crippen LogP contribution in [0.1, 0.15) is 28.2 Å². The van der Waals surface area contributed by atoms with E-state index < -0.39 is 34.8 Å². The number of nitrogens with zero attached hydrogens (tertiary/aromatic N) is 2. The van der Waals surface area contributed by atoms with Crippen LogP contribution in [0, 0.1) is 5.92 Å². The van der Waals surface area contributed by atoms with Crippen molar-refractivity contribution in [1.29, 1.82) is 0 Å². The van der Waals surface area contributed by atoms with E-state index >= 15 is 0 Å². The Morgan fingerprint density at radius 1 is 1.24 bits per heavy atom. The van der Waals surface area contributed by atoms with E-state index in [1.165, 1.54) is 12.0 Å². The van der Waals surface area contributed by atoms with Crippen molar-refractivity contribution in [3.8, 4) is 5.19 Å². The number of nitrogens with one attached hydrogen (secondary N) is 1. The molecule has 1 aliphatic rings. The lowest BCUT2D eigenvalue weighted by atomic mass is 9.97. The van der Waals surface area contributed by atoms with Crippen LogP contribution in [-0.4, -0.2) is 66.8 Å². The summed E-state index contributed by atoms with van der Waals surface area (Å²) in [6, 6.07) is 0. The van der Waals surface area contributed by atoms with Crippen molar-refractivity contribution >= 4 is 23.2 Å². The molecular weight excluding hydrogens is 432 g/mol. The van der Waals surface area contributed by atoms with Gasteiger partial charge < -0.3 is 20.1 Å². The van der Waals surface area contributed by atoms with Gasteiger partial charge in [0.1, 0.15) is 4.88 Å². The Kier molecular flexibility index (Phi) is 8.68. The number of carbonyl (C=O) groups excluding carboxylic acids is 1. The monoisotopic (exact) mass is 451 g/mol. The van der Waals surface area contributed by atoms with E-state index in [4.69, 9.17) is 14.6 Å². The minimum absolute atomic E-state index is 0.152. The van der Waals surface area contributed by atoms with Crippen LogP contribution in [0.15, 0.2) is 0 Å². The number of piperidine rings is 1. The van der Waals surface area contributed by atoms with E-state index in [1.54, 1.807) is 0 Å². The second-order valence-corrected chi connectivity index (χ2v) is 6.92. The molecule has 0 unspecified atom stereocenters. The Balaban J connectivity index is 0.000000516. The van der Waals surface area contributed by atoms with Gasteiger partial charge in [0.2, 0.25) is 0 Å². The molecule has 2 rings (SSSR count). The number of halogens is 6. The van der Waals surface area contributed by atoms with Gasteiger partial charge >= 0.3 is 18.3 Å². The third-order valence-corrected chi connectivity index (χ3v) is 4.89. The lowest BCUT2D eigenvalue weighted by molar-refractivity contribution is -0.192. The molecule has 0 radical (unpaired) electrons. The average Bonchev–Trinajstić information content (AvgIpc) is 3.07. The zero-order valence-electron chi connectivity index (χ0n) is 15.4. The summed E-state index contributed by atoms with van der Waals surface area (Å²) in [4.78, 5) is 25.7. The van der Waals surface area contributed by atoms with Crippen molar-refractivity contribution in [2.24, 2.45) is 5.92 Å². The predicted molar refractivity (Wildman–Crippen MR) is 89.9 cm³/mol. The Hall–Kier alpha value is -2.09. The maximum atomic E-state index is 13.0. The summed E-state index contributed by atoms with van der Waals surface area (Å²) < 4.78 is 75.5. The van der Waals surface area contributed by atoms with E-state index in [9.17, 15) is 31.1 Å². The molecule has 0 aliphatic carbocycles. The number of rotatable bonds is 4. The molecule has 1 fully saturated rings. The standard InChI is InChI=1S/C13H18F3N3O2S.C2HF3O2/c1-17-7-8-3-5-19(6-4-8)11(20)9-10(13(14,15)16)18-12(21-2)22-9;3-2(4,5)1(6)7/h8,17H,3-7H2,1-2H3;(H,6,7). The van der Waals surface area contributed by atoms with E-state index in [0.29, 0.717) is 30.3 Å². The molecule has 0 saturated carbocycles. The first-order valence-electron chi connectivity index (χ1n) is 8.17. The molecular formula is C15H19F6N3O4S. The number of thiazole rings is 1. The molecule has 1 aliphatic heterocycles. The molecule has 1 amide bonds. The van der Waals surface area contributed by atoms with Crippen molar-refractivity contribution < 1.29 is 45.8 Å². The molecule has 1 aromatic heterocycles. The highest BCUT2D eigenvalue weighted by Crippen LogP contribution is 2.38. The van der Waals surface area contributed by atoms with Gasteiger partial charge in [0.15, 0.2) is 5.69 Å². The van der Waals surface area contributed by atoms with Crippen molar-refractivity contribution in [2.45, 2.75) is 25.2 Å². The fourth-order valence-electron chi connectivity index (χ4n) is 2.50. The topological polar surface area (TPSA) is 91.8 Å². The number of hydrogen-bond acceptors (Lipinski definition) is 6. The minimum atomic E-state index is -5.08. The third-order valence-electron chi connectivity index (χ3n) is 3.88. The van der Waals surface area contributed by atoms with Crippen molar-refractivity contribution in [1.82, 2.24) is 15.2 Å². The van der Waals surface area contributed by atoms with Gasteiger partial charge in [0.25, 0.3) is 11.1 Å². The van der Waals surface area contributed by atoms with Gasteiger partial charge in [0.05, 0.1) is 7.11 Å². The number of carboxylic acids is 1. The van der Waals surface area contributed by atoms with Gasteiger partial charge in [-0.3, -0.25) is 4.79 Å². The fourth-order valence-corrected chi connectivity index (χ4v) is 3.37. The summed E-state index contributed by atoms with van der Waals surface area (Å²) in [5.41, 5.74) is -1.16. The van der Waals surface area contributed by atoms with E-state index in [1.807, 2.05) is 7.05 Å². The first kappa shape index (κ1) is 24.9. The van der Waals surface area contributed by atoms with Crippen LogP contribution < -0.4 is 10.1 Å². The summed E-state index contributed by atoms with van der Waals surface area (Å²) in [6.45, 7) is 1.77. The molecule has 0 aromatic carbocycles. The zero-order valence-corrected chi connectivity index (χ0v) is 16.2. The van der Waals surface area contributed by atoms with Crippen LogP contribution >= 0.6 is 11.3 Å². The molecule has 1 saturated heterocycles. The molecule has 14 heteroatoms. The Morgan fingerprint density at radius 3 is 2.14 bits per heavy atom. The number of methoxy groups -OCH3 is 1. The van der Waals surface area contributed by atoms with Crippen molar-refractivity contribution in [2.75, 3.05) is 33.8 Å². The summed E-state index contributed by atoms with van der Waals surface area (Å²) in [6.07, 6.45) is -8.18. The molecule has 29 heavy (non-hydrogen) atoms. The summed E-state index contributed by atoms with van der Waals surface area (Å²) in [5.74, 6) is -2.92. The highest BCUT2D eigenvalue weighted by atomic mass is 32.1. The predicted octanol–water partition coefficient (Wildman–Crippen LogP) is 2.88. The van der Waals surface area contributed by atoms with Gasteiger partial charge in [0, 0.05) is 13.1 Å². The Labute approximate surface area is 165 Å². The number of likely N-dealkylation sites (tertiary alicyclic amines) is 1. The molecule has 2 N–H and O–H groups in total. The molecule has 0 spiro atoms. The number of aromatic nitrogens is 1. The van der Waals surface area contributed by atoms with Crippen LogP contribution in [0.25, 0.3) is 0 Å². The average molecular weight is 451 g/mol. The zero-order chi connectivity index (χ0) is 22.4. The molecule has 0 bridgehead atoms. The van der Waals surface area contributed by atoms with Crippen LogP contribution in [0.4, 0.5) is 26.3 Å². The maximum Gasteiger partial charge on any atom is 0.490 e. The quantitative estimate of drug-likeness (QED) is 0.685. The number of alkyl halides is 6. The van der Waals surface area contributed by atoms with Crippen LogP contribution in [0.2, 0.25) is 0 Å². The van der Waals surface area contributed by atoms with Crippen LogP contribution in [0.5, 0.6) is 5.19 Å². The highest BCUT2D eigenvalue weighted by molar-refractivity contribution is 7.15. The fraction of sp³-hybridized carbons (Fsp3) is 0.667. The van der Waals surface area contributed by atoms with Crippen LogP contribution in [0.3, 0.4) is 0 Å². The molecule has 1 aromatic rings. The molecule has 0 atom stereocenters. The van der Waals surface area contributed by atoms with Gasteiger partial charge in [-0.2, -0.15) is 31.3 Å². The van der Waals surface area contributed by atoms with Crippen LogP contribution in [-0.2, 0) is 11.0 Å². The number of ether oxygens (including phenoxy) is 1. The SMILES string of the molecule is CNCC1CCN(C(=O)c2sc(OC)nc2C(F)(F)F)CC1.O=C(O)C(F)(F)F. The second-order valence-electron chi connectivity index (χ2n) is 5.96. The van der Waals surface area contributed by atoms with Gasteiger partial charge in [-0.15, -0.1) is 0 Å². The van der Waals surface area contributed by atoms with E-state index in [2.05, 4.69) is 10.3 Å². The molecule has 7 nitrogen and oxygen atoms in total. The maximum absolute atomic E-state index is 13.0. The number of carbonyl (C=O) groups is 2. The molecule has 2 heterocycles. The largest absolute Gasteiger partial charge is 0.490 e. The van der Waals surface area contributed by atoms with Crippen molar-refractivity contribution in [3.05, 3.63) is 10.6 Å². The number of hydrogen-bond donors (Lipinski definition) is 2. The normalized spacial score (nSPS) is 15.5. The van der Waals surface area contributed by atoms with Gasteiger partial charge in [-0.05, 0) is 32.4 Å². The summed E-state index contributed by atoms with van der Waals surface area (Å²) in [5, 5.41) is 10.0. The van der Waals surface area contributed by atoms with E-state index in [0.717, 1.165) is 19.4 Å². The lowest BCUT2D eigenvalue weighted by Crippen LogP contribution is -2.40. The smallest absolute Gasteiger partial charge is 0.475 e. The third kappa shape index (κ3) is 7.34. The Bertz CT molecular complexity index is 699. The number of carboxylic acid groups (broad SMARTS) is 1. The minimum Gasteiger partial charge on any atom is -0.475 e. The second kappa shape index (κ2) is 10.1. The lowest BCUT2D eigenvalue weighted by Gasteiger charge is -2.31. The van der Waals surface area contributed by atoms with Gasteiger partial charge in [-0.1, -0.05) is 11.3 Å². The highest BCUT2D eigenvalue weighted by Gasteiger charge is 2.41. The first-order chi connectivity index (χ1) is 13.3. The summed E-state index contributed by atoms with van der Waals surface area (Å²) >= 11 is 0.642. The van der Waals surface area contributed by atoms with Crippen molar-refractivity contribution in [3.63, 3.8) is 0 Å². The number of aliphatic carboxylic acids is 1. The first-order valence-corrected chi connectivity index (χ1v) is 8.98. The van der Waals surface area contributed by atoms with E-state index in [-0.39, 0.29) is 5.19 Å². The summed E-state index contributed by atoms with van der Waals surface area (Å²) in [7, 11) is 3.09.